The maximum atomic E-state index is 12.0. The van der Waals surface area contributed by atoms with Crippen molar-refractivity contribution in [2.45, 2.75) is 45.2 Å². The van der Waals surface area contributed by atoms with E-state index in [1.165, 1.54) is 44.2 Å². The molecule has 0 radical (unpaired) electrons. The second-order valence-corrected chi connectivity index (χ2v) is 7.94. The van der Waals surface area contributed by atoms with Crippen molar-refractivity contribution in [3.8, 4) is 0 Å². The highest BCUT2D eigenvalue weighted by atomic mass is 16.4. The number of benzene rings is 2. The first-order valence-corrected chi connectivity index (χ1v) is 10.3. The van der Waals surface area contributed by atoms with Crippen LogP contribution in [0.5, 0.6) is 0 Å². The molecule has 0 amide bonds. The standard InChI is InChI=1S/C23H28N2O2/c1-17-7-4-5-13-25(17)14-6-12-24-16-19-15-22(26)27-21-11-10-18-8-2-3-9-20(18)23(19)21/h2-3,8-11,15,17,24H,4-7,12-14,16H2,1H3/p+2/t17-/m0/s1. The summed E-state index contributed by atoms with van der Waals surface area (Å²) in [4.78, 5) is 13.8. The topological polar surface area (TPSA) is 51.3 Å². The predicted molar refractivity (Wildman–Crippen MR) is 109 cm³/mol. The molecule has 4 rings (SSSR count). The number of nitrogens with two attached hydrogens (primary N) is 1. The van der Waals surface area contributed by atoms with Crippen LogP contribution in [0, 0.1) is 0 Å². The lowest BCUT2D eigenvalue weighted by atomic mass is 10.0. The molecule has 3 aromatic rings. The Morgan fingerprint density at radius 3 is 2.96 bits per heavy atom. The van der Waals surface area contributed by atoms with Crippen molar-refractivity contribution in [3.05, 3.63) is 58.4 Å². The average molecular weight is 367 g/mol. The molecule has 2 heterocycles. The average Bonchev–Trinajstić information content (AvgIpc) is 2.68. The van der Waals surface area contributed by atoms with Crippen LogP contribution in [-0.2, 0) is 6.54 Å². The molecule has 0 spiro atoms. The highest BCUT2D eigenvalue weighted by molar-refractivity contribution is 6.06. The van der Waals surface area contributed by atoms with Crippen molar-refractivity contribution >= 4 is 21.7 Å². The number of hydrogen-bond donors (Lipinski definition) is 2. The van der Waals surface area contributed by atoms with Gasteiger partial charge < -0.3 is 14.6 Å². The van der Waals surface area contributed by atoms with Gasteiger partial charge in [0.25, 0.3) is 0 Å². The molecule has 27 heavy (non-hydrogen) atoms. The number of quaternary nitrogens is 2. The first kappa shape index (κ1) is 18.2. The molecule has 2 atom stereocenters. The van der Waals surface area contributed by atoms with Crippen LogP contribution in [0.3, 0.4) is 0 Å². The molecule has 1 aliphatic rings. The van der Waals surface area contributed by atoms with Gasteiger partial charge in [-0.15, -0.1) is 0 Å². The Bertz CT molecular complexity index is 979. The minimum atomic E-state index is -0.257. The summed E-state index contributed by atoms with van der Waals surface area (Å²) in [5.74, 6) is 0. The largest absolute Gasteiger partial charge is 0.423 e. The quantitative estimate of drug-likeness (QED) is 0.397. The van der Waals surface area contributed by atoms with Crippen LogP contribution in [0.15, 0.2) is 51.7 Å². The van der Waals surface area contributed by atoms with Gasteiger partial charge in [-0.3, -0.25) is 0 Å². The van der Waals surface area contributed by atoms with E-state index in [0.29, 0.717) is 5.58 Å². The molecule has 0 aliphatic carbocycles. The summed E-state index contributed by atoms with van der Waals surface area (Å²) in [6.07, 6.45) is 5.37. The third kappa shape index (κ3) is 4.07. The molecular formula is C23H30N2O2+2. The fraction of sp³-hybridized carbons (Fsp3) is 0.435. The lowest BCUT2D eigenvalue weighted by molar-refractivity contribution is -0.930. The third-order valence-electron chi connectivity index (χ3n) is 6.07. The van der Waals surface area contributed by atoms with E-state index in [-0.39, 0.29) is 5.63 Å². The first-order valence-electron chi connectivity index (χ1n) is 10.3. The summed E-state index contributed by atoms with van der Waals surface area (Å²) in [6.45, 7) is 6.90. The van der Waals surface area contributed by atoms with Gasteiger partial charge in [-0.2, -0.15) is 0 Å². The van der Waals surface area contributed by atoms with E-state index in [4.69, 9.17) is 4.42 Å². The van der Waals surface area contributed by atoms with E-state index in [9.17, 15) is 4.79 Å². The molecule has 4 heteroatoms. The van der Waals surface area contributed by atoms with E-state index < -0.39 is 0 Å². The van der Waals surface area contributed by atoms with Gasteiger partial charge >= 0.3 is 5.63 Å². The van der Waals surface area contributed by atoms with Crippen LogP contribution in [0.25, 0.3) is 21.7 Å². The minimum Gasteiger partial charge on any atom is -0.423 e. The van der Waals surface area contributed by atoms with Crippen molar-refractivity contribution in [1.29, 1.82) is 0 Å². The van der Waals surface area contributed by atoms with Crippen LogP contribution in [0.2, 0.25) is 0 Å². The van der Waals surface area contributed by atoms with Gasteiger partial charge in [0, 0.05) is 23.4 Å². The Balaban J connectivity index is 1.45. The number of hydrogen-bond acceptors (Lipinski definition) is 2. The molecule has 142 valence electrons. The van der Waals surface area contributed by atoms with E-state index in [0.717, 1.165) is 35.5 Å². The molecule has 4 nitrogen and oxygen atoms in total. The van der Waals surface area contributed by atoms with Crippen LogP contribution in [0.4, 0.5) is 0 Å². The maximum Gasteiger partial charge on any atom is 0.336 e. The Kier molecular flexibility index (Phi) is 5.55. The fourth-order valence-corrected chi connectivity index (χ4v) is 4.54. The van der Waals surface area contributed by atoms with Crippen molar-refractivity contribution in [3.63, 3.8) is 0 Å². The maximum absolute atomic E-state index is 12.0. The molecule has 1 unspecified atom stereocenters. The molecule has 0 bridgehead atoms. The van der Waals surface area contributed by atoms with Crippen molar-refractivity contribution < 1.29 is 14.6 Å². The Morgan fingerprint density at radius 2 is 2.07 bits per heavy atom. The van der Waals surface area contributed by atoms with Crippen molar-refractivity contribution in [1.82, 2.24) is 0 Å². The Morgan fingerprint density at radius 1 is 1.19 bits per heavy atom. The Hall–Kier alpha value is -2.17. The van der Waals surface area contributed by atoms with E-state index in [2.05, 4.69) is 24.4 Å². The zero-order valence-electron chi connectivity index (χ0n) is 16.2. The molecule has 1 fully saturated rings. The Labute approximate surface area is 160 Å². The van der Waals surface area contributed by atoms with Gasteiger partial charge in [-0.1, -0.05) is 30.3 Å². The van der Waals surface area contributed by atoms with Crippen LogP contribution < -0.4 is 15.8 Å². The summed E-state index contributed by atoms with van der Waals surface area (Å²) < 4.78 is 5.46. The third-order valence-corrected chi connectivity index (χ3v) is 6.07. The summed E-state index contributed by atoms with van der Waals surface area (Å²) >= 11 is 0. The van der Waals surface area contributed by atoms with Gasteiger partial charge in [0.15, 0.2) is 0 Å². The lowest BCUT2D eigenvalue weighted by Gasteiger charge is -2.29. The second kappa shape index (κ2) is 8.24. The van der Waals surface area contributed by atoms with Gasteiger partial charge in [0.2, 0.25) is 0 Å². The number of piperidine rings is 1. The molecule has 2 aromatic carbocycles. The number of nitrogens with one attached hydrogen (secondary N) is 1. The van der Waals surface area contributed by atoms with E-state index in [1.54, 1.807) is 11.0 Å². The SMILES string of the molecule is C[C@H]1CCCC[NH+]1CCC[NH2+]Cc1cc(=O)oc2ccc3ccccc3c12. The van der Waals surface area contributed by atoms with Gasteiger partial charge in [0.05, 0.1) is 25.7 Å². The van der Waals surface area contributed by atoms with Gasteiger partial charge in [-0.05, 0) is 43.0 Å². The summed E-state index contributed by atoms with van der Waals surface area (Å²) in [7, 11) is 0. The molecule has 3 N–H and O–H groups in total. The summed E-state index contributed by atoms with van der Waals surface area (Å²) in [5.41, 5.74) is 1.51. The molecule has 1 aliphatic heterocycles. The normalized spacial score (nSPS) is 20.3. The van der Waals surface area contributed by atoms with Crippen molar-refractivity contribution in [2.75, 3.05) is 19.6 Å². The zero-order valence-corrected chi connectivity index (χ0v) is 16.2. The van der Waals surface area contributed by atoms with E-state index in [1.807, 2.05) is 24.3 Å². The number of fused-ring (bicyclic) bond motifs is 3. The van der Waals surface area contributed by atoms with Crippen LogP contribution >= 0.6 is 0 Å². The number of rotatable bonds is 6. The smallest absolute Gasteiger partial charge is 0.336 e. The predicted octanol–water partition coefficient (Wildman–Crippen LogP) is 1.86. The van der Waals surface area contributed by atoms with Gasteiger partial charge in [0.1, 0.15) is 12.1 Å². The monoisotopic (exact) mass is 366 g/mol. The molecule has 1 aromatic heterocycles. The van der Waals surface area contributed by atoms with Crippen molar-refractivity contribution in [2.24, 2.45) is 0 Å². The van der Waals surface area contributed by atoms with E-state index >= 15 is 0 Å². The lowest BCUT2D eigenvalue weighted by Crippen LogP contribution is -3.16. The van der Waals surface area contributed by atoms with Gasteiger partial charge in [-0.25, -0.2) is 4.79 Å². The molecule has 0 saturated carbocycles. The summed E-state index contributed by atoms with van der Waals surface area (Å²) in [5, 5.41) is 5.76. The molecular weight excluding hydrogens is 336 g/mol. The highest BCUT2D eigenvalue weighted by Gasteiger charge is 2.21. The fourth-order valence-electron chi connectivity index (χ4n) is 4.54. The first-order chi connectivity index (χ1) is 13.2. The van der Waals surface area contributed by atoms with Crippen LogP contribution in [0.1, 0.15) is 38.2 Å². The van der Waals surface area contributed by atoms with Crippen LogP contribution in [-0.4, -0.2) is 25.7 Å². The number of likely N-dealkylation sites (tertiary alicyclic amines) is 1. The summed E-state index contributed by atoms with van der Waals surface area (Å²) in [6, 6.07) is 14.7. The minimum absolute atomic E-state index is 0.257. The highest BCUT2D eigenvalue weighted by Crippen LogP contribution is 2.26. The zero-order chi connectivity index (χ0) is 18.6. The molecule has 1 saturated heterocycles. The second-order valence-electron chi connectivity index (χ2n) is 7.94.